The van der Waals surface area contributed by atoms with Crippen molar-refractivity contribution in [1.29, 1.82) is 0 Å². The largest absolute Gasteiger partial charge is 0.484 e. The number of likely N-dealkylation sites (tertiary alicyclic amines) is 1. The Morgan fingerprint density at radius 2 is 2.10 bits per heavy atom. The van der Waals surface area contributed by atoms with Gasteiger partial charge in [0.25, 0.3) is 11.5 Å². The van der Waals surface area contributed by atoms with Crippen LogP contribution < -0.4 is 10.3 Å². The third kappa shape index (κ3) is 3.97. The molecule has 1 saturated heterocycles. The molecule has 4 rings (SSSR count). The zero-order valence-electron chi connectivity index (χ0n) is 16.6. The third-order valence-corrected chi connectivity index (χ3v) is 5.54. The Hall–Kier alpha value is -2.90. The number of carbonyl (C=O) groups excluding carboxylic acids is 2. The molecule has 0 aliphatic carbocycles. The Balaban J connectivity index is 1.42. The van der Waals surface area contributed by atoms with E-state index in [1.165, 1.54) is 0 Å². The standard InChI is InChI=1S/C21H25N3O5/c1-2-28-21(27)14-5-3-9-23(12-14)19(25)13-29-15-7-8-17-16(11-15)20(26)24-10-4-6-18(24)22-17/h7-8,11,14H,2-6,9-10,12-13H2,1H3/t14-/m0/s1. The number of amides is 1. The maximum absolute atomic E-state index is 12.7. The molecule has 2 aliphatic heterocycles. The first-order valence-corrected chi connectivity index (χ1v) is 10.2. The predicted molar refractivity (Wildman–Crippen MR) is 106 cm³/mol. The van der Waals surface area contributed by atoms with Crippen molar-refractivity contribution in [3.8, 4) is 5.75 Å². The fourth-order valence-electron chi connectivity index (χ4n) is 4.05. The summed E-state index contributed by atoms with van der Waals surface area (Å²) in [7, 11) is 0. The molecule has 0 spiro atoms. The van der Waals surface area contributed by atoms with E-state index in [4.69, 9.17) is 9.47 Å². The van der Waals surface area contributed by atoms with Gasteiger partial charge in [-0.25, -0.2) is 4.98 Å². The highest BCUT2D eigenvalue weighted by atomic mass is 16.5. The molecule has 0 saturated carbocycles. The van der Waals surface area contributed by atoms with Crippen LogP contribution in [0.15, 0.2) is 23.0 Å². The molecule has 0 radical (unpaired) electrons. The van der Waals surface area contributed by atoms with Crippen molar-refractivity contribution in [2.45, 2.75) is 39.2 Å². The number of fused-ring (bicyclic) bond motifs is 2. The molecule has 1 fully saturated rings. The second kappa shape index (κ2) is 8.23. The second-order valence-electron chi connectivity index (χ2n) is 7.49. The van der Waals surface area contributed by atoms with Gasteiger partial charge in [-0.3, -0.25) is 19.0 Å². The monoisotopic (exact) mass is 399 g/mol. The normalized spacial score (nSPS) is 18.5. The predicted octanol–water partition coefficient (Wildman–Crippen LogP) is 1.52. The topological polar surface area (TPSA) is 90.7 Å². The highest BCUT2D eigenvalue weighted by Gasteiger charge is 2.29. The fraction of sp³-hybridized carbons (Fsp3) is 0.524. The van der Waals surface area contributed by atoms with E-state index in [0.29, 0.717) is 42.9 Å². The second-order valence-corrected chi connectivity index (χ2v) is 7.49. The van der Waals surface area contributed by atoms with Gasteiger partial charge in [0.1, 0.15) is 11.6 Å². The van der Waals surface area contributed by atoms with Gasteiger partial charge in [-0.2, -0.15) is 0 Å². The SMILES string of the molecule is CCOC(=O)[C@H]1CCCN(C(=O)COc2ccc3nc4n(c(=O)c3c2)CCC4)C1. The summed E-state index contributed by atoms with van der Waals surface area (Å²) in [5.41, 5.74) is 0.586. The zero-order valence-corrected chi connectivity index (χ0v) is 16.6. The average Bonchev–Trinajstić information content (AvgIpc) is 3.21. The lowest BCUT2D eigenvalue weighted by Crippen LogP contribution is -2.44. The molecule has 8 nitrogen and oxygen atoms in total. The van der Waals surface area contributed by atoms with Crippen LogP contribution in [0.1, 0.15) is 32.0 Å². The number of piperidine rings is 1. The van der Waals surface area contributed by atoms with Crippen molar-refractivity contribution in [3.05, 3.63) is 34.4 Å². The van der Waals surface area contributed by atoms with Crippen LogP contribution >= 0.6 is 0 Å². The van der Waals surface area contributed by atoms with Crippen LogP contribution in [0.4, 0.5) is 0 Å². The van der Waals surface area contributed by atoms with E-state index < -0.39 is 0 Å². The van der Waals surface area contributed by atoms with Crippen LogP contribution in [0.2, 0.25) is 0 Å². The van der Waals surface area contributed by atoms with Crippen LogP contribution in [-0.4, -0.2) is 52.6 Å². The molecule has 154 valence electrons. The summed E-state index contributed by atoms with van der Waals surface area (Å²) in [5.74, 6) is 0.584. The molecular formula is C21H25N3O5. The molecule has 0 bridgehead atoms. The van der Waals surface area contributed by atoms with Crippen LogP contribution in [0.5, 0.6) is 5.75 Å². The van der Waals surface area contributed by atoms with E-state index in [9.17, 15) is 14.4 Å². The quantitative estimate of drug-likeness (QED) is 0.708. The van der Waals surface area contributed by atoms with Crippen LogP contribution in [0.25, 0.3) is 10.9 Å². The Bertz CT molecular complexity index is 1000. The summed E-state index contributed by atoms with van der Waals surface area (Å²) in [5, 5.41) is 0.501. The molecule has 2 aliphatic rings. The molecule has 2 aromatic rings. The van der Waals surface area contributed by atoms with E-state index >= 15 is 0 Å². The summed E-state index contributed by atoms with van der Waals surface area (Å²) < 4.78 is 12.4. The number of hydrogen-bond acceptors (Lipinski definition) is 6. The molecule has 1 atom stereocenters. The first kappa shape index (κ1) is 19.4. The minimum Gasteiger partial charge on any atom is -0.484 e. The molecule has 8 heteroatoms. The molecule has 0 unspecified atom stereocenters. The maximum atomic E-state index is 12.7. The van der Waals surface area contributed by atoms with Crippen molar-refractivity contribution < 1.29 is 19.1 Å². The third-order valence-electron chi connectivity index (χ3n) is 5.54. The smallest absolute Gasteiger partial charge is 0.310 e. The Morgan fingerprint density at radius 3 is 2.93 bits per heavy atom. The lowest BCUT2D eigenvalue weighted by Gasteiger charge is -2.31. The molecule has 1 aromatic heterocycles. The van der Waals surface area contributed by atoms with Crippen molar-refractivity contribution in [2.75, 3.05) is 26.3 Å². The molecule has 3 heterocycles. The number of benzene rings is 1. The van der Waals surface area contributed by atoms with Gasteiger partial charge < -0.3 is 14.4 Å². The number of esters is 1. The van der Waals surface area contributed by atoms with Crippen LogP contribution in [-0.2, 0) is 27.3 Å². The van der Waals surface area contributed by atoms with E-state index in [-0.39, 0.29) is 30.0 Å². The van der Waals surface area contributed by atoms with Gasteiger partial charge in [-0.05, 0) is 44.4 Å². The van der Waals surface area contributed by atoms with Crippen molar-refractivity contribution in [2.24, 2.45) is 5.92 Å². The summed E-state index contributed by atoms with van der Waals surface area (Å²) in [4.78, 5) is 43.4. The van der Waals surface area contributed by atoms with E-state index in [0.717, 1.165) is 31.5 Å². The summed E-state index contributed by atoms with van der Waals surface area (Å²) >= 11 is 0. The Morgan fingerprint density at radius 1 is 1.24 bits per heavy atom. The number of rotatable bonds is 5. The minimum atomic E-state index is -0.276. The number of ether oxygens (including phenoxy) is 2. The Labute approximate surface area is 168 Å². The Kier molecular flexibility index (Phi) is 5.51. The number of aromatic nitrogens is 2. The van der Waals surface area contributed by atoms with Gasteiger partial charge >= 0.3 is 5.97 Å². The van der Waals surface area contributed by atoms with Gasteiger partial charge in [0.2, 0.25) is 0 Å². The number of hydrogen-bond donors (Lipinski definition) is 0. The fourth-order valence-corrected chi connectivity index (χ4v) is 4.05. The minimum absolute atomic E-state index is 0.0624. The molecular weight excluding hydrogens is 374 g/mol. The molecule has 29 heavy (non-hydrogen) atoms. The molecule has 1 aromatic carbocycles. The van der Waals surface area contributed by atoms with E-state index in [2.05, 4.69) is 4.98 Å². The van der Waals surface area contributed by atoms with Crippen LogP contribution in [0.3, 0.4) is 0 Å². The summed E-state index contributed by atoms with van der Waals surface area (Å²) in [6.45, 7) is 3.63. The van der Waals surface area contributed by atoms with Crippen LogP contribution in [0, 0.1) is 5.92 Å². The van der Waals surface area contributed by atoms with E-state index in [1.54, 1.807) is 34.6 Å². The maximum Gasteiger partial charge on any atom is 0.310 e. The first-order valence-electron chi connectivity index (χ1n) is 10.2. The lowest BCUT2D eigenvalue weighted by atomic mass is 9.98. The van der Waals surface area contributed by atoms with Crippen molar-refractivity contribution in [3.63, 3.8) is 0 Å². The summed E-state index contributed by atoms with van der Waals surface area (Å²) in [6, 6.07) is 5.14. The van der Waals surface area contributed by atoms with Gasteiger partial charge in [-0.1, -0.05) is 0 Å². The summed E-state index contributed by atoms with van der Waals surface area (Å²) in [6.07, 6.45) is 3.24. The molecule has 1 amide bonds. The average molecular weight is 399 g/mol. The van der Waals surface area contributed by atoms with Gasteiger partial charge in [0.15, 0.2) is 6.61 Å². The number of aryl methyl sites for hydroxylation is 1. The lowest BCUT2D eigenvalue weighted by molar-refractivity contribution is -0.151. The number of nitrogens with zero attached hydrogens (tertiary/aromatic N) is 3. The van der Waals surface area contributed by atoms with Crippen molar-refractivity contribution >= 4 is 22.8 Å². The highest BCUT2D eigenvalue weighted by Crippen LogP contribution is 2.21. The van der Waals surface area contributed by atoms with Gasteiger partial charge in [-0.15, -0.1) is 0 Å². The zero-order chi connectivity index (χ0) is 20.4. The van der Waals surface area contributed by atoms with E-state index in [1.807, 2.05) is 0 Å². The van der Waals surface area contributed by atoms with Gasteiger partial charge in [0.05, 0.1) is 23.4 Å². The number of carbonyl (C=O) groups is 2. The highest BCUT2D eigenvalue weighted by molar-refractivity contribution is 5.81. The first-order chi connectivity index (χ1) is 14.1. The van der Waals surface area contributed by atoms with Crippen molar-refractivity contribution in [1.82, 2.24) is 14.5 Å². The molecule has 0 N–H and O–H groups in total. The van der Waals surface area contributed by atoms with Gasteiger partial charge in [0, 0.05) is 26.1 Å².